The van der Waals surface area contributed by atoms with Gasteiger partial charge in [-0.2, -0.15) is 0 Å². The van der Waals surface area contributed by atoms with Crippen molar-refractivity contribution >= 4 is 5.96 Å². The van der Waals surface area contributed by atoms with Crippen molar-refractivity contribution in [3.05, 3.63) is 72.2 Å². The van der Waals surface area contributed by atoms with Crippen molar-refractivity contribution in [3.63, 3.8) is 0 Å². The average molecular weight is 410 g/mol. The van der Waals surface area contributed by atoms with Crippen molar-refractivity contribution in [3.8, 4) is 11.6 Å². The van der Waals surface area contributed by atoms with Crippen LogP contribution in [0.5, 0.6) is 5.75 Å². The van der Waals surface area contributed by atoms with Crippen LogP contribution in [0.1, 0.15) is 24.7 Å². The van der Waals surface area contributed by atoms with Gasteiger partial charge in [-0.1, -0.05) is 19.1 Å². The molecular formula is C22H27FN6O. The molecule has 0 aliphatic carbocycles. The van der Waals surface area contributed by atoms with Crippen molar-refractivity contribution in [2.45, 2.75) is 32.9 Å². The number of rotatable bonds is 8. The lowest BCUT2D eigenvalue weighted by Gasteiger charge is -2.20. The SMILES string of the molecule is CCC(CNC(=NC)NCc1ccc(-n2ccnc2C)nc1)Oc1cccc(F)c1. The number of imidazole rings is 1. The first-order valence-electron chi connectivity index (χ1n) is 9.91. The summed E-state index contributed by atoms with van der Waals surface area (Å²) < 4.78 is 21.1. The van der Waals surface area contributed by atoms with Crippen molar-refractivity contribution in [1.29, 1.82) is 0 Å². The van der Waals surface area contributed by atoms with Crippen LogP contribution in [0.2, 0.25) is 0 Å². The fraction of sp³-hybridized carbons (Fsp3) is 0.318. The number of ether oxygens (including phenoxy) is 1. The number of aliphatic imine (C=N–C) groups is 1. The third-order valence-corrected chi connectivity index (χ3v) is 4.62. The van der Waals surface area contributed by atoms with Crippen molar-refractivity contribution < 1.29 is 9.13 Å². The van der Waals surface area contributed by atoms with Gasteiger partial charge in [0.2, 0.25) is 0 Å². The molecule has 0 saturated carbocycles. The molecule has 0 aliphatic rings. The Kier molecular flexibility index (Phi) is 7.37. The van der Waals surface area contributed by atoms with Crippen molar-refractivity contribution in [2.75, 3.05) is 13.6 Å². The van der Waals surface area contributed by atoms with E-state index in [2.05, 4.69) is 25.6 Å². The zero-order chi connectivity index (χ0) is 21.3. The molecule has 8 heteroatoms. The predicted octanol–water partition coefficient (Wildman–Crippen LogP) is 3.24. The fourth-order valence-corrected chi connectivity index (χ4v) is 2.90. The van der Waals surface area contributed by atoms with Crippen LogP contribution < -0.4 is 15.4 Å². The molecule has 7 nitrogen and oxygen atoms in total. The Bertz CT molecular complexity index is 970. The molecule has 1 aromatic carbocycles. The van der Waals surface area contributed by atoms with Gasteiger partial charge < -0.3 is 15.4 Å². The molecule has 0 amide bonds. The molecule has 30 heavy (non-hydrogen) atoms. The minimum atomic E-state index is -0.310. The summed E-state index contributed by atoms with van der Waals surface area (Å²) in [5.74, 6) is 2.59. The number of benzene rings is 1. The lowest BCUT2D eigenvalue weighted by molar-refractivity contribution is 0.199. The van der Waals surface area contributed by atoms with Gasteiger partial charge in [0.25, 0.3) is 0 Å². The van der Waals surface area contributed by atoms with Crippen LogP contribution in [-0.2, 0) is 6.54 Å². The number of hydrogen-bond donors (Lipinski definition) is 2. The van der Waals surface area contributed by atoms with E-state index >= 15 is 0 Å². The summed E-state index contributed by atoms with van der Waals surface area (Å²) in [6.07, 6.45) is 6.14. The first kappa shape index (κ1) is 21.3. The van der Waals surface area contributed by atoms with Crippen LogP contribution in [0.4, 0.5) is 4.39 Å². The monoisotopic (exact) mass is 410 g/mol. The third-order valence-electron chi connectivity index (χ3n) is 4.62. The summed E-state index contributed by atoms with van der Waals surface area (Å²) in [5, 5.41) is 6.52. The Morgan fingerprint density at radius 2 is 2.10 bits per heavy atom. The molecule has 0 saturated heterocycles. The molecule has 0 spiro atoms. The smallest absolute Gasteiger partial charge is 0.191 e. The second-order valence-electron chi connectivity index (χ2n) is 6.78. The molecule has 0 aliphatic heterocycles. The maximum Gasteiger partial charge on any atom is 0.191 e. The molecule has 1 unspecified atom stereocenters. The quantitative estimate of drug-likeness (QED) is 0.440. The number of nitrogens with zero attached hydrogens (tertiary/aromatic N) is 4. The largest absolute Gasteiger partial charge is 0.489 e. The van der Waals surface area contributed by atoms with Gasteiger partial charge in [-0.15, -0.1) is 0 Å². The summed E-state index contributed by atoms with van der Waals surface area (Å²) in [6.45, 7) is 5.09. The highest BCUT2D eigenvalue weighted by Gasteiger charge is 2.10. The highest BCUT2D eigenvalue weighted by atomic mass is 19.1. The van der Waals surface area contributed by atoms with Gasteiger partial charge in [0, 0.05) is 38.2 Å². The van der Waals surface area contributed by atoms with Crippen LogP contribution in [-0.4, -0.2) is 40.2 Å². The Hall–Kier alpha value is -3.42. The van der Waals surface area contributed by atoms with Gasteiger partial charge >= 0.3 is 0 Å². The highest BCUT2D eigenvalue weighted by Crippen LogP contribution is 2.14. The molecule has 0 bridgehead atoms. The Morgan fingerprint density at radius 3 is 2.73 bits per heavy atom. The van der Waals surface area contributed by atoms with E-state index in [4.69, 9.17) is 4.74 Å². The van der Waals surface area contributed by atoms with Gasteiger partial charge in [0.05, 0.1) is 6.54 Å². The van der Waals surface area contributed by atoms with Crippen molar-refractivity contribution in [2.24, 2.45) is 4.99 Å². The lowest BCUT2D eigenvalue weighted by atomic mass is 10.2. The molecular weight excluding hydrogens is 383 g/mol. The standard InChI is InChI=1S/C22H27FN6O/c1-4-19(30-20-7-5-6-18(23)12-20)15-28-22(24-3)27-14-17-8-9-21(26-13-17)29-11-10-25-16(29)2/h5-13,19H,4,14-15H2,1-3H3,(H2,24,27,28). The second kappa shape index (κ2) is 10.4. The van der Waals surface area contributed by atoms with Gasteiger partial charge in [-0.25, -0.2) is 14.4 Å². The Labute approximate surface area is 176 Å². The summed E-state index contributed by atoms with van der Waals surface area (Å²) in [6, 6.07) is 10.2. The van der Waals surface area contributed by atoms with Crippen LogP contribution in [0.25, 0.3) is 5.82 Å². The van der Waals surface area contributed by atoms with Gasteiger partial charge in [-0.3, -0.25) is 9.56 Å². The molecule has 2 heterocycles. The number of aromatic nitrogens is 3. The normalized spacial score (nSPS) is 12.5. The molecule has 0 fully saturated rings. The molecule has 3 rings (SSSR count). The zero-order valence-electron chi connectivity index (χ0n) is 17.5. The topological polar surface area (TPSA) is 76.4 Å². The summed E-state index contributed by atoms with van der Waals surface area (Å²) in [7, 11) is 1.72. The maximum atomic E-state index is 13.3. The maximum absolute atomic E-state index is 13.3. The first-order chi connectivity index (χ1) is 14.6. The minimum absolute atomic E-state index is 0.107. The van der Waals surface area contributed by atoms with Gasteiger partial charge in [-0.05, 0) is 37.1 Å². The van der Waals surface area contributed by atoms with E-state index in [9.17, 15) is 4.39 Å². The van der Waals surface area contributed by atoms with Crippen LogP contribution in [0, 0.1) is 12.7 Å². The zero-order valence-corrected chi connectivity index (χ0v) is 17.5. The van der Waals surface area contributed by atoms with Crippen LogP contribution in [0.3, 0.4) is 0 Å². The number of nitrogens with one attached hydrogen (secondary N) is 2. The molecule has 3 aromatic rings. The summed E-state index contributed by atoms with van der Waals surface area (Å²) in [4.78, 5) is 13.0. The average Bonchev–Trinajstić information content (AvgIpc) is 3.19. The van der Waals surface area contributed by atoms with E-state index in [0.29, 0.717) is 24.8 Å². The fourth-order valence-electron chi connectivity index (χ4n) is 2.90. The van der Waals surface area contributed by atoms with E-state index in [0.717, 1.165) is 23.6 Å². The first-order valence-corrected chi connectivity index (χ1v) is 9.91. The molecule has 158 valence electrons. The number of halogens is 1. The summed E-state index contributed by atoms with van der Waals surface area (Å²) in [5.41, 5.74) is 1.03. The molecule has 2 N–H and O–H groups in total. The van der Waals surface area contributed by atoms with Gasteiger partial charge in [0.1, 0.15) is 29.3 Å². The van der Waals surface area contributed by atoms with E-state index < -0.39 is 0 Å². The van der Waals surface area contributed by atoms with E-state index in [-0.39, 0.29) is 11.9 Å². The number of aryl methyl sites for hydroxylation is 1. The number of pyridine rings is 1. The highest BCUT2D eigenvalue weighted by molar-refractivity contribution is 5.79. The Morgan fingerprint density at radius 1 is 1.23 bits per heavy atom. The lowest BCUT2D eigenvalue weighted by Crippen LogP contribution is -2.42. The number of guanidine groups is 1. The second-order valence-corrected chi connectivity index (χ2v) is 6.78. The Balaban J connectivity index is 1.50. The van der Waals surface area contributed by atoms with E-state index in [1.165, 1.54) is 12.1 Å². The molecule has 1 atom stereocenters. The van der Waals surface area contributed by atoms with Gasteiger partial charge in [0.15, 0.2) is 5.96 Å². The predicted molar refractivity (Wildman–Crippen MR) is 115 cm³/mol. The van der Waals surface area contributed by atoms with E-state index in [1.807, 2.05) is 42.9 Å². The van der Waals surface area contributed by atoms with E-state index in [1.54, 1.807) is 25.4 Å². The minimum Gasteiger partial charge on any atom is -0.489 e. The molecule has 2 aromatic heterocycles. The summed E-state index contributed by atoms with van der Waals surface area (Å²) >= 11 is 0. The van der Waals surface area contributed by atoms with Crippen LogP contribution in [0.15, 0.2) is 60.0 Å². The number of hydrogen-bond acceptors (Lipinski definition) is 4. The third kappa shape index (κ3) is 5.79. The van der Waals surface area contributed by atoms with Crippen molar-refractivity contribution in [1.82, 2.24) is 25.2 Å². The molecule has 0 radical (unpaired) electrons. The van der Waals surface area contributed by atoms with Crippen LogP contribution >= 0.6 is 0 Å².